The van der Waals surface area contributed by atoms with Crippen LogP contribution in [0.1, 0.15) is 122 Å². The molecule has 47 heavy (non-hydrogen) atoms. The van der Waals surface area contributed by atoms with Crippen LogP contribution in [-0.4, -0.2) is 30.8 Å². The molecule has 2 aromatic carbocycles. The Morgan fingerprint density at radius 1 is 0.723 bits per heavy atom. The topological polar surface area (TPSA) is 219 Å². The lowest BCUT2D eigenvalue weighted by molar-refractivity contribution is -0.395. The van der Waals surface area contributed by atoms with Gasteiger partial charge in [-0.1, -0.05) is 85.1 Å². The molecule has 2 unspecified atom stereocenters. The van der Waals surface area contributed by atoms with Gasteiger partial charge in [0.05, 0.1) is 31.8 Å². The summed E-state index contributed by atoms with van der Waals surface area (Å²) in [5.41, 5.74) is -1.37. The number of phenolic OH excluding ortho intramolecular Hbond substituents is 1. The zero-order valence-electron chi connectivity index (χ0n) is 27.5. The van der Waals surface area contributed by atoms with Crippen molar-refractivity contribution < 1.29 is 34.3 Å². The van der Waals surface area contributed by atoms with Crippen LogP contribution >= 0.6 is 0 Å². The van der Waals surface area contributed by atoms with E-state index in [0.29, 0.717) is 12.0 Å². The summed E-state index contributed by atoms with van der Waals surface area (Å²) >= 11 is 0. The van der Waals surface area contributed by atoms with Crippen molar-refractivity contribution in [3.05, 3.63) is 88.0 Å². The molecule has 0 amide bonds. The molecule has 15 heteroatoms. The van der Waals surface area contributed by atoms with E-state index in [0.717, 1.165) is 76.0 Å². The quantitative estimate of drug-likeness (QED) is 0.0396. The van der Waals surface area contributed by atoms with Crippen molar-refractivity contribution in [2.24, 2.45) is 0 Å². The first-order valence-electron chi connectivity index (χ1n) is 15.7. The summed E-state index contributed by atoms with van der Waals surface area (Å²) in [6.07, 6.45) is 12.2. The molecule has 0 saturated heterocycles. The summed E-state index contributed by atoms with van der Waals surface area (Å²) in [4.78, 5) is 53.2. The fourth-order valence-corrected chi connectivity index (χ4v) is 4.92. The first-order valence-corrected chi connectivity index (χ1v) is 15.7. The standard InChI is InChI=1S/C18H24N2O6.C14H20N2O5/c1-4-6-7-8-10-13(3)15-11-14(19(22)23)12-16(20(24)25)18(15)26-17(21)9-5-2;1-3-4-5-6-7-10(2)12-8-11(15(18)19)9-13(14(12)17)16(20)21/h5,9,11-13H,4,6-8,10H2,1-3H3;8-10,17H,3-7H2,1-2H3/b9-5+;. The van der Waals surface area contributed by atoms with Gasteiger partial charge in [0.25, 0.3) is 11.4 Å². The van der Waals surface area contributed by atoms with Crippen molar-refractivity contribution in [1.29, 1.82) is 0 Å². The highest BCUT2D eigenvalue weighted by Crippen LogP contribution is 2.41. The Kier molecular flexibility index (Phi) is 17.2. The van der Waals surface area contributed by atoms with Crippen LogP contribution in [0.25, 0.3) is 0 Å². The second-order valence-corrected chi connectivity index (χ2v) is 11.2. The fourth-order valence-electron chi connectivity index (χ4n) is 4.92. The van der Waals surface area contributed by atoms with Gasteiger partial charge in [0.1, 0.15) is 0 Å². The third kappa shape index (κ3) is 12.8. The number of rotatable bonds is 18. The maximum Gasteiger partial charge on any atom is 0.336 e. The van der Waals surface area contributed by atoms with Gasteiger partial charge in [-0.2, -0.15) is 0 Å². The molecular weight excluding hydrogens is 616 g/mol. The number of ether oxygens (including phenoxy) is 1. The van der Waals surface area contributed by atoms with Crippen LogP contribution < -0.4 is 4.74 Å². The number of unbranched alkanes of at least 4 members (excludes halogenated alkanes) is 6. The minimum Gasteiger partial charge on any atom is -0.502 e. The fraction of sp³-hybridized carbons (Fsp3) is 0.531. The molecule has 0 heterocycles. The molecular formula is C32H44N4O11. The summed E-state index contributed by atoms with van der Waals surface area (Å²) in [5.74, 6) is -1.83. The molecule has 2 rings (SSSR count). The summed E-state index contributed by atoms with van der Waals surface area (Å²) in [6, 6.07) is 4.11. The molecule has 0 bridgehead atoms. The largest absolute Gasteiger partial charge is 0.502 e. The van der Waals surface area contributed by atoms with Crippen molar-refractivity contribution in [3.63, 3.8) is 0 Å². The summed E-state index contributed by atoms with van der Waals surface area (Å²) in [7, 11) is 0. The molecule has 0 aliphatic carbocycles. The van der Waals surface area contributed by atoms with Gasteiger partial charge in [-0.15, -0.1) is 0 Å². The van der Waals surface area contributed by atoms with Gasteiger partial charge in [-0.25, -0.2) is 4.79 Å². The number of nitro benzene ring substituents is 4. The average Bonchev–Trinajstić information content (AvgIpc) is 3.01. The van der Waals surface area contributed by atoms with E-state index in [-0.39, 0.29) is 28.8 Å². The third-order valence-electron chi connectivity index (χ3n) is 7.55. The van der Waals surface area contributed by atoms with E-state index in [9.17, 15) is 50.4 Å². The van der Waals surface area contributed by atoms with Crippen LogP contribution in [0.3, 0.4) is 0 Å². The SMILES string of the molecule is C/C=C/C(=O)Oc1c(C(C)CCCCCC)cc([N+](=O)[O-])cc1[N+](=O)[O-].CCCCCCC(C)c1cc([N+](=O)[O-])cc([N+](=O)[O-])c1O. The van der Waals surface area contributed by atoms with Crippen LogP contribution in [0.15, 0.2) is 36.4 Å². The van der Waals surface area contributed by atoms with Gasteiger partial charge < -0.3 is 9.84 Å². The second-order valence-electron chi connectivity index (χ2n) is 11.2. The molecule has 2 atom stereocenters. The number of carbonyl (C=O) groups is 1. The number of hydrogen-bond acceptors (Lipinski definition) is 11. The second kappa shape index (κ2) is 20.2. The Labute approximate surface area is 273 Å². The van der Waals surface area contributed by atoms with Crippen LogP contribution in [-0.2, 0) is 4.79 Å². The van der Waals surface area contributed by atoms with E-state index in [1.54, 1.807) is 6.92 Å². The monoisotopic (exact) mass is 660 g/mol. The Morgan fingerprint density at radius 3 is 1.60 bits per heavy atom. The zero-order chi connectivity index (χ0) is 35.7. The van der Waals surface area contributed by atoms with Gasteiger partial charge >= 0.3 is 17.3 Å². The average molecular weight is 661 g/mol. The number of non-ortho nitro benzene ring substituents is 2. The van der Waals surface area contributed by atoms with Crippen LogP contribution in [0.2, 0.25) is 0 Å². The molecule has 0 aliphatic heterocycles. The maximum absolute atomic E-state index is 11.8. The predicted octanol–water partition coefficient (Wildman–Crippen LogP) is 9.34. The van der Waals surface area contributed by atoms with E-state index in [4.69, 9.17) is 4.74 Å². The molecule has 15 nitrogen and oxygen atoms in total. The third-order valence-corrected chi connectivity index (χ3v) is 7.55. The first kappa shape index (κ1) is 40.1. The Morgan fingerprint density at radius 2 is 1.17 bits per heavy atom. The van der Waals surface area contributed by atoms with Crippen molar-refractivity contribution in [3.8, 4) is 11.5 Å². The van der Waals surface area contributed by atoms with Crippen molar-refractivity contribution >= 4 is 28.7 Å². The van der Waals surface area contributed by atoms with Crippen LogP contribution in [0.4, 0.5) is 22.7 Å². The number of nitrogens with zero attached hydrogens (tertiary/aromatic N) is 4. The molecule has 0 aliphatic rings. The Bertz CT molecular complexity index is 1440. The Hall–Kier alpha value is -4.95. The van der Waals surface area contributed by atoms with E-state index in [1.165, 1.54) is 18.2 Å². The van der Waals surface area contributed by atoms with Crippen molar-refractivity contribution in [2.75, 3.05) is 0 Å². The highest BCUT2D eigenvalue weighted by Gasteiger charge is 2.29. The minimum absolute atomic E-state index is 0.166. The zero-order valence-corrected chi connectivity index (χ0v) is 27.5. The van der Waals surface area contributed by atoms with Crippen molar-refractivity contribution in [2.45, 2.75) is 111 Å². The van der Waals surface area contributed by atoms with Crippen LogP contribution in [0, 0.1) is 40.5 Å². The molecule has 2 aromatic rings. The minimum atomic E-state index is -0.796. The van der Waals surface area contributed by atoms with E-state index >= 15 is 0 Å². The van der Waals surface area contributed by atoms with Gasteiger partial charge in [0, 0.05) is 29.3 Å². The molecule has 0 radical (unpaired) electrons. The highest BCUT2D eigenvalue weighted by atomic mass is 16.6. The number of carbonyl (C=O) groups excluding carboxylic acids is 1. The van der Waals surface area contributed by atoms with Gasteiger partial charge in [-0.05, 0) is 31.6 Å². The molecule has 258 valence electrons. The van der Waals surface area contributed by atoms with Crippen LogP contribution in [0.5, 0.6) is 11.5 Å². The molecule has 0 aromatic heterocycles. The van der Waals surface area contributed by atoms with E-state index < -0.39 is 48.5 Å². The highest BCUT2D eigenvalue weighted by molar-refractivity contribution is 5.85. The number of nitro groups is 4. The lowest BCUT2D eigenvalue weighted by atomic mass is 9.93. The first-order chi connectivity index (χ1) is 22.2. The number of aromatic hydroxyl groups is 1. The van der Waals surface area contributed by atoms with Crippen molar-refractivity contribution in [1.82, 2.24) is 0 Å². The summed E-state index contributed by atoms with van der Waals surface area (Å²) < 4.78 is 5.17. The van der Waals surface area contributed by atoms with Gasteiger partial charge in [0.2, 0.25) is 5.75 Å². The van der Waals surface area contributed by atoms with E-state index in [1.807, 2.05) is 13.8 Å². The number of phenols is 1. The molecule has 0 saturated carbocycles. The number of esters is 1. The number of hydrogen-bond donors (Lipinski definition) is 1. The molecule has 0 spiro atoms. The normalized spacial score (nSPS) is 12.1. The molecule has 1 N–H and O–H groups in total. The maximum atomic E-state index is 11.8. The summed E-state index contributed by atoms with van der Waals surface area (Å²) in [5, 5.41) is 54.3. The predicted molar refractivity (Wildman–Crippen MR) is 176 cm³/mol. The lowest BCUT2D eigenvalue weighted by Gasteiger charge is -2.16. The molecule has 0 fully saturated rings. The van der Waals surface area contributed by atoms with E-state index in [2.05, 4.69) is 13.8 Å². The van der Waals surface area contributed by atoms with Gasteiger partial charge in [0.15, 0.2) is 5.75 Å². The smallest absolute Gasteiger partial charge is 0.336 e. The number of allylic oxidation sites excluding steroid dienone is 1. The lowest BCUT2D eigenvalue weighted by Crippen LogP contribution is -2.10. The Balaban J connectivity index is 0.000000481. The van der Waals surface area contributed by atoms with Gasteiger partial charge in [-0.3, -0.25) is 40.5 Å². The number of benzene rings is 2. The summed E-state index contributed by atoms with van der Waals surface area (Å²) in [6.45, 7) is 9.43.